The lowest BCUT2D eigenvalue weighted by atomic mass is 10.1. The molecule has 2 N–H and O–H groups in total. The lowest BCUT2D eigenvalue weighted by Crippen LogP contribution is -2.44. The highest BCUT2D eigenvalue weighted by Gasteiger charge is 2.67. The van der Waals surface area contributed by atoms with Crippen LogP contribution in [0.2, 0.25) is 15.1 Å². The Labute approximate surface area is 306 Å². The molecule has 49 heavy (non-hydrogen) atoms. The van der Waals surface area contributed by atoms with Crippen LogP contribution in [0, 0.1) is 17.6 Å². The van der Waals surface area contributed by atoms with Gasteiger partial charge in [-0.1, -0.05) is 40.9 Å². The average molecular weight is 780 g/mol. The van der Waals surface area contributed by atoms with Gasteiger partial charge in [0.15, 0.2) is 5.82 Å². The topological polar surface area (TPSA) is 114 Å². The van der Waals surface area contributed by atoms with E-state index >= 15 is 8.78 Å². The maximum Gasteiger partial charge on any atom is 0.424 e. The molecule has 4 rings (SSSR count). The fourth-order valence-corrected chi connectivity index (χ4v) is 5.99. The van der Waals surface area contributed by atoms with Crippen LogP contribution >= 0.6 is 58.0 Å². The van der Waals surface area contributed by atoms with Crippen molar-refractivity contribution in [1.82, 2.24) is 0 Å². The van der Waals surface area contributed by atoms with Crippen molar-refractivity contribution in [1.29, 1.82) is 0 Å². The molecule has 16 heteroatoms. The van der Waals surface area contributed by atoms with Crippen molar-refractivity contribution < 1.29 is 37.4 Å². The molecule has 2 atom stereocenters. The van der Waals surface area contributed by atoms with E-state index in [4.69, 9.17) is 67.5 Å². The summed E-state index contributed by atoms with van der Waals surface area (Å²) in [6, 6.07) is 9.80. The number of benzene rings is 3. The molecule has 0 bridgehead atoms. The number of nitrogens with one attached hydrogen (secondary N) is 2. The molecule has 0 spiro atoms. The Morgan fingerprint density at radius 2 is 1.33 bits per heavy atom. The van der Waals surface area contributed by atoms with Crippen LogP contribution in [0.3, 0.4) is 0 Å². The maximum absolute atomic E-state index is 15.2. The van der Waals surface area contributed by atoms with E-state index in [-0.39, 0.29) is 26.2 Å². The molecule has 0 aliphatic heterocycles. The van der Waals surface area contributed by atoms with E-state index in [1.54, 1.807) is 18.2 Å². The minimum Gasteiger partial charge on any atom is -0.443 e. The van der Waals surface area contributed by atoms with Crippen molar-refractivity contribution in [3.63, 3.8) is 0 Å². The predicted molar refractivity (Wildman–Crippen MR) is 186 cm³/mol. The second-order valence-electron chi connectivity index (χ2n) is 13.0. The molecule has 0 unspecified atom stereocenters. The smallest absolute Gasteiger partial charge is 0.424 e. The van der Waals surface area contributed by atoms with E-state index in [1.807, 2.05) is 0 Å². The van der Waals surface area contributed by atoms with Gasteiger partial charge in [0.25, 0.3) is 5.91 Å². The van der Waals surface area contributed by atoms with Crippen LogP contribution in [-0.2, 0) is 14.3 Å². The number of hydrogen-bond acceptors (Lipinski definition) is 6. The molecule has 0 radical (unpaired) electrons. The highest BCUT2D eigenvalue weighted by molar-refractivity contribution is 6.53. The summed E-state index contributed by atoms with van der Waals surface area (Å²) in [5, 5.41) is 5.38. The van der Waals surface area contributed by atoms with Gasteiger partial charge in [-0.2, -0.15) is 4.90 Å². The molecular formula is C33H30Cl5F2N3O6. The Morgan fingerprint density at radius 1 is 0.755 bits per heavy atom. The highest BCUT2D eigenvalue weighted by atomic mass is 35.5. The SMILES string of the molecule is CC(C)(C)OC(=O)N(C(=O)OC(C)(C)C)c1cc(NC(=O)c2cc(NC(=O)[C@H]3[C@H](c4ccc(Cl)c(Cl)c4)C3(Cl)Cl)ccc2Cl)c(F)cc1F. The van der Waals surface area contributed by atoms with Gasteiger partial charge in [-0.05, 0) is 83.5 Å². The van der Waals surface area contributed by atoms with Gasteiger partial charge in [0.2, 0.25) is 5.91 Å². The average Bonchev–Trinajstić information content (AvgIpc) is 3.53. The van der Waals surface area contributed by atoms with Gasteiger partial charge in [-0.3, -0.25) is 9.59 Å². The van der Waals surface area contributed by atoms with Crippen molar-refractivity contribution >= 4 is 99.1 Å². The summed E-state index contributed by atoms with van der Waals surface area (Å²) >= 11 is 31.3. The third-order valence-corrected chi connectivity index (χ3v) is 8.80. The number of carbonyl (C=O) groups is 4. The first-order valence-corrected chi connectivity index (χ1v) is 16.4. The van der Waals surface area contributed by atoms with E-state index in [0.29, 0.717) is 16.7 Å². The minimum atomic E-state index is -1.46. The van der Waals surface area contributed by atoms with E-state index in [0.717, 1.165) is 6.07 Å². The summed E-state index contributed by atoms with van der Waals surface area (Å²) < 4.78 is 39.2. The Bertz CT molecular complexity index is 1820. The fourth-order valence-electron chi connectivity index (χ4n) is 4.65. The molecule has 1 aliphatic carbocycles. The van der Waals surface area contributed by atoms with E-state index < -0.39 is 74.4 Å². The number of imide groups is 1. The van der Waals surface area contributed by atoms with Crippen LogP contribution in [0.25, 0.3) is 0 Å². The van der Waals surface area contributed by atoms with Crippen LogP contribution in [0.15, 0.2) is 48.5 Å². The Morgan fingerprint density at radius 3 is 1.88 bits per heavy atom. The first-order valence-electron chi connectivity index (χ1n) is 14.5. The molecule has 1 fully saturated rings. The van der Waals surface area contributed by atoms with Crippen LogP contribution in [0.1, 0.15) is 63.4 Å². The number of amides is 4. The third-order valence-electron chi connectivity index (χ3n) is 6.80. The van der Waals surface area contributed by atoms with Crippen LogP contribution in [-0.4, -0.2) is 39.5 Å². The lowest BCUT2D eigenvalue weighted by Gasteiger charge is -2.29. The summed E-state index contributed by atoms with van der Waals surface area (Å²) in [7, 11) is 0. The van der Waals surface area contributed by atoms with Gasteiger partial charge in [-0.15, -0.1) is 23.2 Å². The number of carbonyl (C=O) groups excluding carboxylic acids is 4. The largest absolute Gasteiger partial charge is 0.443 e. The quantitative estimate of drug-likeness (QED) is 0.241. The van der Waals surface area contributed by atoms with Gasteiger partial charge in [0.05, 0.1) is 37.9 Å². The summed E-state index contributed by atoms with van der Waals surface area (Å²) in [4.78, 5) is 52.9. The van der Waals surface area contributed by atoms with Crippen molar-refractivity contribution in [3.8, 4) is 0 Å². The summed E-state index contributed by atoms with van der Waals surface area (Å²) in [6.45, 7) is 9.12. The van der Waals surface area contributed by atoms with Gasteiger partial charge in [0.1, 0.15) is 21.4 Å². The second-order valence-corrected chi connectivity index (χ2v) is 15.7. The molecule has 0 aromatic heterocycles. The number of anilines is 3. The normalized spacial score (nSPS) is 16.8. The minimum absolute atomic E-state index is 0.0912. The second kappa shape index (κ2) is 14.1. The molecule has 4 amide bonds. The zero-order valence-electron chi connectivity index (χ0n) is 26.8. The van der Waals surface area contributed by atoms with Crippen LogP contribution in [0.5, 0.6) is 0 Å². The summed E-state index contributed by atoms with van der Waals surface area (Å²) in [5.41, 5.74) is -3.12. The molecule has 0 saturated heterocycles. The van der Waals surface area contributed by atoms with E-state index in [1.165, 1.54) is 59.7 Å². The molecule has 262 valence electrons. The molecule has 3 aromatic carbocycles. The number of hydrogen-bond donors (Lipinski definition) is 2. The molecule has 3 aromatic rings. The Kier molecular flexibility index (Phi) is 11.1. The van der Waals surface area contributed by atoms with Crippen LogP contribution < -0.4 is 15.5 Å². The number of halogens is 7. The number of ether oxygens (including phenoxy) is 2. The van der Waals surface area contributed by atoms with Gasteiger partial charge >= 0.3 is 12.2 Å². The summed E-state index contributed by atoms with van der Waals surface area (Å²) in [6.07, 6.45) is -2.63. The van der Waals surface area contributed by atoms with Crippen molar-refractivity contribution in [2.24, 2.45) is 5.92 Å². The van der Waals surface area contributed by atoms with E-state index in [2.05, 4.69) is 10.6 Å². The zero-order chi connectivity index (χ0) is 36.8. The first kappa shape index (κ1) is 38.5. The molecular weight excluding hydrogens is 750 g/mol. The first-order chi connectivity index (χ1) is 22.5. The van der Waals surface area contributed by atoms with Gasteiger partial charge in [0, 0.05) is 17.7 Å². The van der Waals surface area contributed by atoms with Gasteiger partial charge in [-0.25, -0.2) is 18.4 Å². The number of rotatable bonds is 6. The zero-order valence-corrected chi connectivity index (χ0v) is 30.6. The molecule has 9 nitrogen and oxygen atoms in total. The predicted octanol–water partition coefficient (Wildman–Crippen LogP) is 10.4. The maximum atomic E-state index is 15.2. The van der Waals surface area contributed by atoms with Crippen LogP contribution in [0.4, 0.5) is 35.4 Å². The molecule has 1 aliphatic rings. The molecule has 0 heterocycles. The monoisotopic (exact) mass is 777 g/mol. The highest BCUT2D eigenvalue weighted by Crippen LogP contribution is 2.65. The van der Waals surface area contributed by atoms with Crippen molar-refractivity contribution in [3.05, 3.63) is 86.4 Å². The fraction of sp³-hybridized carbons (Fsp3) is 0.333. The Hall–Kier alpha value is -3.35. The summed E-state index contributed by atoms with van der Waals surface area (Å²) in [5.74, 6) is -5.64. The Balaban J connectivity index is 1.59. The van der Waals surface area contributed by atoms with E-state index in [9.17, 15) is 19.2 Å². The lowest BCUT2D eigenvalue weighted by molar-refractivity contribution is -0.117. The third kappa shape index (κ3) is 9.07. The van der Waals surface area contributed by atoms with Gasteiger partial charge < -0.3 is 20.1 Å². The number of nitrogens with zero attached hydrogens (tertiary/aromatic N) is 1. The standard InChI is InChI=1S/C33H30Cl5F2N3O6/c1-31(2,3)48-29(46)43(30(47)49-32(4,5)6)24-14-23(21(39)13-22(24)40)42-27(44)17-12-16(8-10-18(17)34)41-28(45)26-25(33(26,37)38)15-7-9-19(35)20(36)11-15/h7-14,25-26H,1-6H3,(H,41,45)(H,42,44)/t25-,26+/m0/s1. The van der Waals surface area contributed by atoms with Crippen molar-refractivity contribution in [2.75, 3.05) is 15.5 Å². The van der Waals surface area contributed by atoms with Crippen molar-refractivity contribution in [2.45, 2.75) is 63.0 Å². The molecule has 1 saturated carbocycles. The number of alkyl halides is 2.